The third-order valence-corrected chi connectivity index (χ3v) is 3.62. The number of aromatic nitrogens is 1. The summed E-state index contributed by atoms with van der Waals surface area (Å²) >= 11 is 0. The van der Waals surface area contributed by atoms with E-state index in [0.29, 0.717) is 6.04 Å². The van der Waals surface area contributed by atoms with Crippen LogP contribution in [0.25, 0.3) is 10.9 Å². The molecule has 0 aliphatic carbocycles. The molecule has 1 unspecified atom stereocenters. The Hall–Kier alpha value is -1.65. The Kier molecular flexibility index (Phi) is 3.36. The summed E-state index contributed by atoms with van der Waals surface area (Å²) in [4.78, 5) is 6.96. The van der Waals surface area contributed by atoms with Gasteiger partial charge in [0.1, 0.15) is 5.82 Å². The van der Waals surface area contributed by atoms with Crippen molar-refractivity contribution in [2.75, 3.05) is 24.7 Å². The van der Waals surface area contributed by atoms with Gasteiger partial charge in [0.25, 0.3) is 0 Å². The molecule has 0 saturated carbocycles. The minimum atomic E-state index is 0.0365. The zero-order chi connectivity index (χ0) is 13.2. The Bertz CT molecular complexity index is 585. The molecule has 1 saturated heterocycles. The maximum Gasteiger partial charge on any atom is 0.130 e. The monoisotopic (exact) mass is 258 g/mol. The first kappa shape index (κ1) is 12.4. The van der Waals surface area contributed by atoms with Crippen molar-refractivity contribution in [2.24, 2.45) is 0 Å². The van der Waals surface area contributed by atoms with E-state index in [1.54, 1.807) is 0 Å². The quantitative estimate of drug-likeness (QED) is 0.894. The average Bonchev–Trinajstić information content (AvgIpc) is 2.46. The van der Waals surface area contributed by atoms with Crippen molar-refractivity contribution in [3.8, 4) is 0 Å². The van der Waals surface area contributed by atoms with Crippen molar-refractivity contribution in [1.29, 1.82) is 0 Å². The highest BCUT2D eigenvalue weighted by Crippen LogP contribution is 2.25. The minimum absolute atomic E-state index is 0.0365. The zero-order valence-corrected chi connectivity index (χ0v) is 11.0. The van der Waals surface area contributed by atoms with E-state index < -0.39 is 0 Å². The van der Waals surface area contributed by atoms with Crippen molar-refractivity contribution < 1.29 is 9.84 Å². The van der Waals surface area contributed by atoms with Crippen LogP contribution in [-0.2, 0) is 11.3 Å². The summed E-state index contributed by atoms with van der Waals surface area (Å²) in [5.74, 6) is 0.929. The van der Waals surface area contributed by atoms with Gasteiger partial charge in [0.2, 0.25) is 0 Å². The van der Waals surface area contributed by atoms with Gasteiger partial charge in [0.15, 0.2) is 0 Å². The first-order valence-electron chi connectivity index (χ1n) is 6.63. The van der Waals surface area contributed by atoms with Crippen LogP contribution in [0.15, 0.2) is 30.3 Å². The number of ether oxygens (including phenoxy) is 1. The van der Waals surface area contributed by atoms with E-state index in [9.17, 15) is 5.11 Å². The molecule has 4 heteroatoms. The van der Waals surface area contributed by atoms with Crippen molar-refractivity contribution in [2.45, 2.75) is 19.6 Å². The molecule has 1 N–H and O–H groups in total. The molecule has 1 aromatic carbocycles. The van der Waals surface area contributed by atoms with E-state index in [2.05, 4.69) is 11.8 Å². The first-order chi connectivity index (χ1) is 9.29. The second-order valence-electron chi connectivity index (χ2n) is 4.93. The first-order valence-corrected chi connectivity index (χ1v) is 6.63. The van der Waals surface area contributed by atoms with E-state index in [1.165, 1.54) is 0 Å². The fraction of sp³-hybridized carbons (Fsp3) is 0.400. The maximum absolute atomic E-state index is 9.55. The molecule has 0 amide bonds. The molecule has 1 aliphatic rings. The molecule has 0 spiro atoms. The molecular weight excluding hydrogens is 240 g/mol. The number of rotatable bonds is 2. The van der Waals surface area contributed by atoms with Crippen molar-refractivity contribution in [3.05, 3.63) is 35.9 Å². The van der Waals surface area contributed by atoms with Crippen LogP contribution in [0.3, 0.4) is 0 Å². The summed E-state index contributed by atoms with van der Waals surface area (Å²) in [5.41, 5.74) is 1.86. The second kappa shape index (κ2) is 5.15. The van der Waals surface area contributed by atoms with Crippen molar-refractivity contribution in [1.82, 2.24) is 4.98 Å². The fourth-order valence-electron chi connectivity index (χ4n) is 2.58. The van der Waals surface area contributed by atoms with Crippen LogP contribution in [0.4, 0.5) is 5.82 Å². The number of pyridine rings is 1. The lowest BCUT2D eigenvalue weighted by molar-refractivity contribution is 0.0985. The molecule has 100 valence electrons. The van der Waals surface area contributed by atoms with Crippen LogP contribution in [0, 0.1) is 0 Å². The van der Waals surface area contributed by atoms with Gasteiger partial charge in [0.05, 0.1) is 31.4 Å². The second-order valence-corrected chi connectivity index (χ2v) is 4.93. The van der Waals surface area contributed by atoms with Gasteiger partial charge in [-0.3, -0.25) is 0 Å². The van der Waals surface area contributed by atoms with E-state index in [4.69, 9.17) is 9.72 Å². The molecule has 19 heavy (non-hydrogen) atoms. The van der Waals surface area contributed by atoms with Gasteiger partial charge in [-0.1, -0.05) is 18.2 Å². The number of benzene rings is 1. The van der Waals surface area contributed by atoms with Crippen LogP contribution in [0.2, 0.25) is 0 Å². The summed E-state index contributed by atoms with van der Waals surface area (Å²) in [5, 5.41) is 10.6. The number of para-hydroxylation sites is 1. The highest BCUT2D eigenvalue weighted by Gasteiger charge is 2.21. The van der Waals surface area contributed by atoms with Gasteiger partial charge in [-0.25, -0.2) is 4.98 Å². The highest BCUT2D eigenvalue weighted by molar-refractivity contribution is 5.84. The van der Waals surface area contributed by atoms with E-state index in [0.717, 1.165) is 42.0 Å². The Morgan fingerprint density at radius 2 is 2.26 bits per heavy atom. The highest BCUT2D eigenvalue weighted by atomic mass is 16.5. The summed E-state index contributed by atoms with van der Waals surface area (Å²) in [7, 11) is 0. The van der Waals surface area contributed by atoms with Crippen LogP contribution in [0.5, 0.6) is 0 Å². The lowest BCUT2D eigenvalue weighted by atomic mass is 10.1. The van der Waals surface area contributed by atoms with Crippen LogP contribution >= 0.6 is 0 Å². The number of anilines is 1. The molecule has 4 nitrogen and oxygen atoms in total. The Morgan fingerprint density at radius 3 is 3.05 bits per heavy atom. The topological polar surface area (TPSA) is 45.6 Å². The Morgan fingerprint density at radius 1 is 1.42 bits per heavy atom. The summed E-state index contributed by atoms with van der Waals surface area (Å²) in [6.07, 6.45) is 0. The van der Waals surface area contributed by atoms with Gasteiger partial charge in [-0.05, 0) is 24.6 Å². The fourth-order valence-corrected chi connectivity index (χ4v) is 2.58. The number of aliphatic hydroxyl groups is 1. The summed E-state index contributed by atoms with van der Waals surface area (Å²) in [6, 6.07) is 10.2. The number of hydrogen-bond acceptors (Lipinski definition) is 4. The Balaban J connectivity index is 2.08. The largest absolute Gasteiger partial charge is 0.392 e. The lowest BCUT2D eigenvalue weighted by Gasteiger charge is -2.34. The molecule has 2 aromatic rings. The van der Waals surface area contributed by atoms with Gasteiger partial charge in [-0.15, -0.1) is 0 Å². The van der Waals surface area contributed by atoms with E-state index in [-0.39, 0.29) is 6.61 Å². The number of morpholine rings is 1. The third kappa shape index (κ3) is 2.29. The van der Waals surface area contributed by atoms with Crippen LogP contribution < -0.4 is 4.90 Å². The molecule has 1 fully saturated rings. The van der Waals surface area contributed by atoms with Crippen LogP contribution in [0.1, 0.15) is 12.5 Å². The molecule has 0 bridgehead atoms. The lowest BCUT2D eigenvalue weighted by Crippen LogP contribution is -2.44. The normalized spacial score (nSPS) is 19.9. The van der Waals surface area contributed by atoms with E-state index in [1.807, 2.05) is 30.3 Å². The third-order valence-electron chi connectivity index (χ3n) is 3.62. The van der Waals surface area contributed by atoms with Gasteiger partial charge < -0.3 is 14.7 Å². The predicted molar refractivity (Wildman–Crippen MR) is 75.3 cm³/mol. The molecule has 3 rings (SSSR count). The smallest absolute Gasteiger partial charge is 0.130 e. The summed E-state index contributed by atoms with van der Waals surface area (Å²) < 4.78 is 5.46. The predicted octanol–water partition coefficient (Wildman–Crippen LogP) is 1.95. The average molecular weight is 258 g/mol. The zero-order valence-electron chi connectivity index (χ0n) is 11.0. The van der Waals surface area contributed by atoms with Gasteiger partial charge >= 0.3 is 0 Å². The number of fused-ring (bicyclic) bond motifs is 1. The molecule has 1 aliphatic heterocycles. The number of nitrogens with zero attached hydrogens (tertiary/aromatic N) is 2. The summed E-state index contributed by atoms with van der Waals surface area (Å²) in [6.45, 7) is 4.47. The Labute approximate surface area is 112 Å². The van der Waals surface area contributed by atoms with Crippen molar-refractivity contribution >= 4 is 16.7 Å². The van der Waals surface area contributed by atoms with Crippen molar-refractivity contribution in [3.63, 3.8) is 0 Å². The van der Waals surface area contributed by atoms with Crippen LogP contribution in [-0.4, -0.2) is 35.9 Å². The minimum Gasteiger partial charge on any atom is -0.392 e. The van der Waals surface area contributed by atoms with Gasteiger partial charge in [0, 0.05) is 11.9 Å². The molecule has 1 atom stereocenters. The number of aliphatic hydroxyl groups excluding tert-OH is 1. The SMILES string of the molecule is CC1COCCN1c1cc(CO)c2ccccc2n1. The van der Waals surface area contributed by atoms with Gasteiger partial charge in [-0.2, -0.15) is 0 Å². The van der Waals surface area contributed by atoms with E-state index >= 15 is 0 Å². The number of hydrogen-bond donors (Lipinski definition) is 1. The maximum atomic E-state index is 9.55. The molecule has 0 radical (unpaired) electrons. The molecule has 1 aromatic heterocycles. The molecular formula is C15H18N2O2. The standard InChI is InChI=1S/C15H18N2O2/c1-11-10-19-7-6-17(11)15-8-12(9-18)13-4-2-3-5-14(13)16-15/h2-5,8,11,18H,6-7,9-10H2,1H3. The molecule has 2 heterocycles.